The fourth-order valence-corrected chi connectivity index (χ4v) is 1.15. The smallest absolute Gasteiger partial charge is 0.507 e. The Balaban J connectivity index is 0.000000276. The van der Waals surface area contributed by atoms with Crippen molar-refractivity contribution >= 4 is 7.32 Å². The number of hydrogen-bond donors (Lipinski definition) is 2. The molecule has 0 atom stereocenters. The molecule has 0 aliphatic heterocycles. The highest BCUT2D eigenvalue weighted by atomic mass is 19.2. The molecule has 2 rings (SSSR count). The van der Waals surface area contributed by atoms with Gasteiger partial charge in [-0.1, -0.05) is 36.4 Å². The van der Waals surface area contributed by atoms with Crippen molar-refractivity contribution in [3.63, 3.8) is 0 Å². The molecule has 0 bridgehead atoms. The van der Waals surface area contributed by atoms with Gasteiger partial charge in [0.2, 0.25) is 5.82 Å². The maximum atomic E-state index is 12.7. The fraction of sp³-hybridized carbons (Fsp3) is 0. The van der Waals surface area contributed by atoms with Crippen LogP contribution >= 0.6 is 0 Å². The zero-order valence-corrected chi connectivity index (χ0v) is 9.93. The Labute approximate surface area is 112 Å². The van der Waals surface area contributed by atoms with E-state index in [0.29, 0.717) is 0 Å². The van der Waals surface area contributed by atoms with Crippen LogP contribution < -0.4 is 4.65 Å². The van der Waals surface area contributed by atoms with Gasteiger partial charge in [-0.25, -0.2) is 13.2 Å². The van der Waals surface area contributed by atoms with Gasteiger partial charge in [-0.3, -0.25) is 0 Å². The summed E-state index contributed by atoms with van der Waals surface area (Å²) in [5.41, 5.74) is 0. The lowest BCUT2D eigenvalue weighted by Gasteiger charge is -2.07. The quantitative estimate of drug-likeness (QED) is 0.386. The zero-order valence-electron chi connectivity index (χ0n) is 9.93. The lowest BCUT2D eigenvalue weighted by atomic mass is 10.2. The van der Waals surface area contributed by atoms with Gasteiger partial charge < -0.3 is 14.7 Å². The molecule has 2 aromatic rings. The molecule has 2 aromatic carbocycles. The first-order valence-electron chi connectivity index (χ1n) is 5.29. The van der Waals surface area contributed by atoms with Gasteiger partial charge in [-0.2, -0.15) is 4.39 Å². The molecule has 106 valence electrons. The number of rotatable bonds is 2. The first-order valence-corrected chi connectivity index (χ1v) is 5.29. The summed E-state index contributed by atoms with van der Waals surface area (Å²) < 4.78 is 53.9. The molecule has 0 saturated carbocycles. The summed E-state index contributed by atoms with van der Waals surface area (Å²) in [5, 5.41) is 16.4. The van der Waals surface area contributed by atoms with Gasteiger partial charge in [0.05, 0.1) is 0 Å². The van der Waals surface area contributed by atoms with Crippen molar-refractivity contribution in [2.75, 3.05) is 0 Å². The molecular weight excluding hydrogens is 279 g/mol. The third-order valence-corrected chi connectivity index (χ3v) is 1.96. The molecule has 8 heteroatoms. The van der Waals surface area contributed by atoms with Crippen LogP contribution in [0.25, 0.3) is 0 Å². The fourth-order valence-electron chi connectivity index (χ4n) is 1.15. The minimum atomic E-state index is -2.52. The van der Waals surface area contributed by atoms with Crippen LogP contribution in [0.15, 0.2) is 42.5 Å². The number of halogens is 4. The van der Waals surface area contributed by atoms with E-state index in [1.54, 1.807) is 0 Å². The Morgan fingerprint density at radius 1 is 0.750 bits per heavy atom. The van der Waals surface area contributed by atoms with E-state index in [0.717, 1.165) is 0 Å². The third-order valence-electron chi connectivity index (χ3n) is 1.96. The maximum absolute atomic E-state index is 12.7. The molecule has 0 aliphatic rings. The van der Waals surface area contributed by atoms with Crippen LogP contribution in [-0.4, -0.2) is 17.4 Å². The first-order chi connectivity index (χ1) is 9.43. The molecule has 0 aliphatic carbocycles. The Kier molecular flexibility index (Phi) is 6.01. The minimum Gasteiger partial charge on any atom is -0.507 e. The van der Waals surface area contributed by atoms with Crippen molar-refractivity contribution in [1.29, 1.82) is 0 Å². The normalized spacial score (nSPS) is 9.50. The van der Waals surface area contributed by atoms with Crippen LogP contribution in [0.1, 0.15) is 0 Å². The molecule has 0 unspecified atom stereocenters. The minimum absolute atomic E-state index is 0.0239. The van der Waals surface area contributed by atoms with Crippen molar-refractivity contribution in [2.24, 2.45) is 0 Å². The summed E-state index contributed by atoms with van der Waals surface area (Å²) in [7, 11) is -2.52. The molecule has 0 fully saturated rings. The molecule has 0 amide bonds. The van der Waals surface area contributed by atoms with Crippen LogP contribution in [-0.2, 0) is 0 Å². The summed E-state index contributed by atoms with van der Waals surface area (Å²) in [5.74, 6) is -8.62. The monoisotopic (exact) mass is 288 g/mol. The van der Waals surface area contributed by atoms with Crippen molar-refractivity contribution in [3.05, 3.63) is 65.7 Å². The molecule has 0 radical (unpaired) electrons. The van der Waals surface area contributed by atoms with Crippen LogP contribution in [0.4, 0.5) is 17.6 Å². The zero-order chi connectivity index (χ0) is 15.1. The lowest BCUT2D eigenvalue weighted by Crippen LogP contribution is -2.22. The summed E-state index contributed by atoms with van der Waals surface area (Å²) >= 11 is 0. The predicted molar refractivity (Wildman–Crippen MR) is 63.5 cm³/mol. The van der Waals surface area contributed by atoms with Crippen LogP contribution in [0.5, 0.6) is 5.75 Å². The largest absolute Gasteiger partial charge is 0.707 e. The summed E-state index contributed by atoms with van der Waals surface area (Å²) in [6.45, 7) is 0. The van der Waals surface area contributed by atoms with Gasteiger partial charge in [0, 0.05) is 6.07 Å². The molecule has 3 nitrogen and oxygen atoms in total. The van der Waals surface area contributed by atoms with E-state index in [1.807, 2.05) is 36.4 Å². The average molecular weight is 288 g/mol. The van der Waals surface area contributed by atoms with Gasteiger partial charge >= 0.3 is 7.32 Å². The molecular formula is C12H9BF4O3. The van der Waals surface area contributed by atoms with Crippen molar-refractivity contribution < 1.29 is 32.3 Å². The topological polar surface area (TPSA) is 49.7 Å². The SMILES string of the molecule is OB(O)Oc1c(F)cc(F)c(F)c1F.c1ccccc1. The Hall–Kier alpha value is -2.06. The van der Waals surface area contributed by atoms with Crippen molar-refractivity contribution in [1.82, 2.24) is 0 Å². The van der Waals surface area contributed by atoms with Gasteiger partial charge in [0.25, 0.3) is 0 Å². The van der Waals surface area contributed by atoms with Gasteiger partial charge in [0.1, 0.15) is 0 Å². The Bertz CT molecular complexity index is 525. The average Bonchev–Trinajstić information content (AvgIpc) is 2.44. The lowest BCUT2D eigenvalue weighted by molar-refractivity contribution is 0.269. The highest BCUT2D eigenvalue weighted by molar-refractivity contribution is 6.33. The Morgan fingerprint density at radius 2 is 1.20 bits per heavy atom. The molecule has 0 spiro atoms. The predicted octanol–water partition coefficient (Wildman–Crippen LogP) is 2.28. The van der Waals surface area contributed by atoms with Crippen LogP contribution in [0, 0.1) is 23.3 Å². The van der Waals surface area contributed by atoms with Crippen molar-refractivity contribution in [3.8, 4) is 5.75 Å². The van der Waals surface area contributed by atoms with Crippen LogP contribution in [0.2, 0.25) is 0 Å². The standard InChI is InChI=1S/C6H3BF4O3.C6H6/c8-2-1-3(9)6(14-7(12)13)5(11)4(2)10;1-2-4-6-5-3-1/h1,12-13H;1-6H. The highest BCUT2D eigenvalue weighted by Crippen LogP contribution is 2.25. The van der Waals surface area contributed by atoms with E-state index in [-0.39, 0.29) is 6.07 Å². The van der Waals surface area contributed by atoms with Gasteiger partial charge in [-0.15, -0.1) is 0 Å². The van der Waals surface area contributed by atoms with E-state index in [9.17, 15) is 17.6 Å². The molecule has 20 heavy (non-hydrogen) atoms. The van der Waals surface area contributed by atoms with E-state index >= 15 is 0 Å². The molecule has 0 saturated heterocycles. The van der Waals surface area contributed by atoms with E-state index < -0.39 is 36.3 Å². The summed E-state index contributed by atoms with van der Waals surface area (Å²) in [6.07, 6.45) is 0. The maximum Gasteiger partial charge on any atom is 0.707 e. The summed E-state index contributed by atoms with van der Waals surface area (Å²) in [4.78, 5) is 0. The second-order valence-electron chi connectivity index (χ2n) is 3.40. The van der Waals surface area contributed by atoms with E-state index in [2.05, 4.69) is 4.65 Å². The molecule has 0 aromatic heterocycles. The second-order valence-corrected chi connectivity index (χ2v) is 3.40. The second kappa shape index (κ2) is 7.51. The third kappa shape index (κ3) is 4.56. The van der Waals surface area contributed by atoms with Gasteiger partial charge in [0.15, 0.2) is 23.2 Å². The molecule has 2 N–H and O–H groups in total. The molecule has 0 heterocycles. The van der Waals surface area contributed by atoms with E-state index in [4.69, 9.17) is 10.0 Å². The highest BCUT2D eigenvalue weighted by Gasteiger charge is 2.24. The Morgan fingerprint density at radius 3 is 1.60 bits per heavy atom. The summed E-state index contributed by atoms with van der Waals surface area (Å²) in [6, 6.07) is 12.0. The van der Waals surface area contributed by atoms with Gasteiger partial charge in [-0.05, 0) is 0 Å². The van der Waals surface area contributed by atoms with Crippen molar-refractivity contribution in [2.45, 2.75) is 0 Å². The number of hydrogen-bond acceptors (Lipinski definition) is 3. The van der Waals surface area contributed by atoms with E-state index in [1.165, 1.54) is 0 Å². The van der Waals surface area contributed by atoms with Crippen LogP contribution in [0.3, 0.4) is 0 Å². The first kappa shape index (κ1) is 16.0. The number of benzene rings is 2.